The molecule has 1 aliphatic rings. The Hall–Kier alpha value is -1.35. The third kappa shape index (κ3) is 2.72. The van der Waals surface area contributed by atoms with Crippen molar-refractivity contribution in [3.05, 3.63) is 34.9 Å². The van der Waals surface area contributed by atoms with Crippen LogP contribution in [0.3, 0.4) is 0 Å². The van der Waals surface area contributed by atoms with E-state index < -0.39 is 0 Å². The van der Waals surface area contributed by atoms with E-state index in [1.807, 2.05) is 24.0 Å². The predicted molar refractivity (Wildman–Crippen MR) is 73.5 cm³/mol. The molecular weight excluding hydrogens is 224 g/mol. The van der Waals surface area contributed by atoms with Crippen LogP contribution in [-0.2, 0) is 13.1 Å². The van der Waals surface area contributed by atoms with E-state index in [0.29, 0.717) is 0 Å². The number of nitrogens with zero attached hydrogens (tertiary/aromatic N) is 1. The molecular formula is C15H22N2O. The Morgan fingerprint density at radius 2 is 2.06 bits per heavy atom. The molecule has 0 saturated heterocycles. The molecule has 1 amide bonds. The lowest BCUT2D eigenvalue weighted by Gasteiger charge is -2.21. The molecule has 0 atom stereocenters. The van der Waals surface area contributed by atoms with Gasteiger partial charge in [0, 0.05) is 31.7 Å². The van der Waals surface area contributed by atoms with E-state index in [-0.39, 0.29) is 5.91 Å². The van der Waals surface area contributed by atoms with Gasteiger partial charge in [-0.15, -0.1) is 0 Å². The SMILES string of the molecule is CCCCN(CC)C(=O)c1ccc2c(c1)CNC2. The lowest BCUT2D eigenvalue weighted by Crippen LogP contribution is -2.31. The Morgan fingerprint density at radius 1 is 1.28 bits per heavy atom. The monoisotopic (exact) mass is 246 g/mol. The molecule has 1 aromatic carbocycles. The number of amides is 1. The van der Waals surface area contributed by atoms with Gasteiger partial charge in [0.25, 0.3) is 5.91 Å². The van der Waals surface area contributed by atoms with Crippen LogP contribution in [0.5, 0.6) is 0 Å². The third-order valence-corrected chi connectivity index (χ3v) is 3.53. The molecule has 0 fully saturated rings. The first-order valence-corrected chi connectivity index (χ1v) is 6.88. The molecule has 3 heteroatoms. The molecule has 1 aromatic rings. The first-order valence-electron chi connectivity index (χ1n) is 6.88. The summed E-state index contributed by atoms with van der Waals surface area (Å²) in [4.78, 5) is 14.3. The standard InChI is InChI=1S/C15H22N2O/c1-3-5-8-17(4-2)15(18)12-6-7-13-10-16-11-14(13)9-12/h6-7,9,16H,3-5,8,10-11H2,1-2H3. The van der Waals surface area contributed by atoms with Crippen molar-refractivity contribution in [1.29, 1.82) is 0 Å². The van der Waals surface area contributed by atoms with E-state index in [9.17, 15) is 4.79 Å². The molecule has 3 nitrogen and oxygen atoms in total. The van der Waals surface area contributed by atoms with Crippen molar-refractivity contribution >= 4 is 5.91 Å². The summed E-state index contributed by atoms with van der Waals surface area (Å²) in [6, 6.07) is 6.09. The van der Waals surface area contributed by atoms with E-state index >= 15 is 0 Å². The van der Waals surface area contributed by atoms with Gasteiger partial charge in [0.15, 0.2) is 0 Å². The molecule has 0 bridgehead atoms. The minimum atomic E-state index is 0.167. The molecule has 0 aliphatic carbocycles. The molecule has 0 aromatic heterocycles. The molecule has 1 N–H and O–H groups in total. The molecule has 0 spiro atoms. The van der Waals surface area contributed by atoms with Gasteiger partial charge in [0.05, 0.1) is 0 Å². The number of rotatable bonds is 5. The Labute approximate surface area is 109 Å². The predicted octanol–water partition coefficient (Wildman–Crippen LogP) is 2.55. The lowest BCUT2D eigenvalue weighted by atomic mass is 10.1. The summed E-state index contributed by atoms with van der Waals surface area (Å²) in [6.45, 7) is 7.66. The number of unbranched alkanes of at least 4 members (excludes halogenated alkanes) is 1. The maximum atomic E-state index is 12.4. The second kappa shape index (κ2) is 6.01. The number of carbonyl (C=O) groups excluding carboxylic acids is 1. The highest BCUT2D eigenvalue weighted by atomic mass is 16.2. The van der Waals surface area contributed by atoms with Crippen LogP contribution < -0.4 is 5.32 Å². The summed E-state index contributed by atoms with van der Waals surface area (Å²) in [6.07, 6.45) is 2.20. The molecule has 2 rings (SSSR count). The highest BCUT2D eigenvalue weighted by Gasteiger charge is 2.17. The van der Waals surface area contributed by atoms with Crippen molar-refractivity contribution in [2.24, 2.45) is 0 Å². The van der Waals surface area contributed by atoms with Crippen LogP contribution in [0.4, 0.5) is 0 Å². The minimum absolute atomic E-state index is 0.167. The van der Waals surface area contributed by atoms with Crippen molar-refractivity contribution < 1.29 is 4.79 Å². The summed E-state index contributed by atoms with van der Waals surface area (Å²) >= 11 is 0. The van der Waals surface area contributed by atoms with E-state index in [0.717, 1.165) is 44.6 Å². The van der Waals surface area contributed by atoms with Crippen LogP contribution in [0.15, 0.2) is 18.2 Å². The fraction of sp³-hybridized carbons (Fsp3) is 0.533. The Kier molecular flexibility index (Phi) is 4.37. The van der Waals surface area contributed by atoms with E-state index in [2.05, 4.69) is 18.3 Å². The van der Waals surface area contributed by atoms with Crippen molar-refractivity contribution in [2.75, 3.05) is 13.1 Å². The highest BCUT2D eigenvalue weighted by molar-refractivity contribution is 5.94. The smallest absolute Gasteiger partial charge is 0.253 e. The van der Waals surface area contributed by atoms with Crippen LogP contribution in [0.2, 0.25) is 0 Å². The van der Waals surface area contributed by atoms with Crippen LogP contribution in [0.25, 0.3) is 0 Å². The van der Waals surface area contributed by atoms with Crippen LogP contribution in [0.1, 0.15) is 48.2 Å². The fourth-order valence-corrected chi connectivity index (χ4v) is 2.36. The summed E-state index contributed by atoms with van der Waals surface area (Å²) in [5.74, 6) is 0.167. The van der Waals surface area contributed by atoms with Crippen LogP contribution in [0, 0.1) is 0 Å². The van der Waals surface area contributed by atoms with E-state index in [1.165, 1.54) is 11.1 Å². The van der Waals surface area contributed by atoms with Gasteiger partial charge in [-0.25, -0.2) is 0 Å². The Balaban J connectivity index is 2.12. The van der Waals surface area contributed by atoms with Crippen LogP contribution in [-0.4, -0.2) is 23.9 Å². The zero-order chi connectivity index (χ0) is 13.0. The fourth-order valence-electron chi connectivity index (χ4n) is 2.36. The normalized spacial score (nSPS) is 13.4. The average molecular weight is 246 g/mol. The Morgan fingerprint density at radius 3 is 2.78 bits per heavy atom. The molecule has 1 heterocycles. The Bertz CT molecular complexity index is 429. The van der Waals surface area contributed by atoms with Crippen molar-refractivity contribution in [1.82, 2.24) is 10.2 Å². The van der Waals surface area contributed by atoms with Crippen molar-refractivity contribution in [3.63, 3.8) is 0 Å². The average Bonchev–Trinajstić information content (AvgIpc) is 2.86. The minimum Gasteiger partial charge on any atom is -0.339 e. The topological polar surface area (TPSA) is 32.3 Å². The van der Waals surface area contributed by atoms with Crippen molar-refractivity contribution in [2.45, 2.75) is 39.8 Å². The van der Waals surface area contributed by atoms with Gasteiger partial charge in [0.1, 0.15) is 0 Å². The summed E-state index contributed by atoms with van der Waals surface area (Å²) in [5.41, 5.74) is 3.42. The zero-order valence-corrected chi connectivity index (χ0v) is 11.3. The molecule has 0 radical (unpaired) electrons. The largest absolute Gasteiger partial charge is 0.339 e. The van der Waals surface area contributed by atoms with E-state index in [1.54, 1.807) is 0 Å². The van der Waals surface area contributed by atoms with Gasteiger partial charge in [-0.2, -0.15) is 0 Å². The first-order chi connectivity index (χ1) is 8.76. The number of benzene rings is 1. The second-order valence-electron chi connectivity index (χ2n) is 4.83. The van der Waals surface area contributed by atoms with Gasteiger partial charge in [-0.05, 0) is 36.6 Å². The zero-order valence-electron chi connectivity index (χ0n) is 11.3. The maximum absolute atomic E-state index is 12.4. The quantitative estimate of drug-likeness (QED) is 0.866. The number of fused-ring (bicyclic) bond motifs is 1. The first kappa shape index (κ1) is 13.1. The maximum Gasteiger partial charge on any atom is 0.253 e. The van der Waals surface area contributed by atoms with Gasteiger partial charge >= 0.3 is 0 Å². The second-order valence-corrected chi connectivity index (χ2v) is 4.83. The van der Waals surface area contributed by atoms with E-state index in [4.69, 9.17) is 0 Å². The van der Waals surface area contributed by atoms with Gasteiger partial charge in [-0.1, -0.05) is 19.4 Å². The highest BCUT2D eigenvalue weighted by Crippen LogP contribution is 2.18. The van der Waals surface area contributed by atoms with Gasteiger partial charge in [0.2, 0.25) is 0 Å². The van der Waals surface area contributed by atoms with Gasteiger partial charge < -0.3 is 10.2 Å². The van der Waals surface area contributed by atoms with Gasteiger partial charge in [-0.3, -0.25) is 4.79 Å². The molecule has 1 aliphatic heterocycles. The molecule has 0 unspecified atom stereocenters. The molecule has 98 valence electrons. The number of carbonyl (C=O) groups is 1. The van der Waals surface area contributed by atoms with Crippen LogP contribution >= 0.6 is 0 Å². The summed E-state index contributed by atoms with van der Waals surface area (Å²) in [5, 5.41) is 3.31. The number of hydrogen-bond donors (Lipinski definition) is 1. The number of hydrogen-bond acceptors (Lipinski definition) is 2. The van der Waals surface area contributed by atoms with Crippen molar-refractivity contribution in [3.8, 4) is 0 Å². The molecule has 18 heavy (non-hydrogen) atoms. The lowest BCUT2D eigenvalue weighted by molar-refractivity contribution is 0.0762. The third-order valence-electron chi connectivity index (χ3n) is 3.53. The number of nitrogens with one attached hydrogen (secondary N) is 1. The summed E-state index contributed by atoms with van der Waals surface area (Å²) in [7, 11) is 0. The molecule has 0 saturated carbocycles. The summed E-state index contributed by atoms with van der Waals surface area (Å²) < 4.78 is 0.